The van der Waals surface area contributed by atoms with E-state index in [1.54, 1.807) is 12.4 Å². The van der Waals surface area contributed by atoms with Gasteiger partial charge in [-0.15, -0.1) is 0 Å². The lowest BCUT2D eigenvalue weighted by Gasteiger charge is -2.24. The Hall–Kier alpha value is -5.75. The summed E-state index contributed by atoms with van der Waals surface area (Å²) in [5, 5.41) is 2.43. The molecule has 9 rings (SSSR count). The van der Waals surface area contributed by atoms with E-state index in [-0.39, 0.29) is 5.41 Å². The molecule has 1 aliphatic rings. The van der Waals surface area contributed by atoms with Crippen LogP contribution in [0.2, 0.25) is 0 Å². The molecule has 6 nitrogen and oxygen atoms in total. The minimum Gasteiger partial charge on any atom is -0.309 e. The quantitative estimate of drug-likeness (QED) is 0.214. The van der Waals surface area contributed by atoms with Gasteiger partial charge in [-0.3, -0.25) is 19.9 Å². The summed E-state index contributed by atoms with van der Waals surface area (Å²) >= 11 is 0. The maximum atomic E-state index is 5.06. The number of rotatable bonds is 3. The standard InChI is InChI=1S/C38H26N6/c1-38(2)28-22-32-31(41-17-18-42-32)21-27(28)25-13-14-26-24-9-3-4-12-35(24)44(37(26)36(25)38)23-19-33(29-10-5-7-15-39-29)43-34(20-23)30-11-6-8-16-40-30/h3-22H,1-2H3. The van der Waals surface area contributed by atoms with Gasteiger partial charge < -0.3 is 4.57 Å². The van der Waals surface area contributed by atoms with Crippen LogP contribution in [0.15, 0.2) is 122 Å². The van der Waals surface area contributed by atoms with Crippen molar-refractivity contribution >= 4 is 32.8 Å². The van der Waals surface area contributed by atoms with Crippen molar-refractivity contribution in [3.63, 3.8) is 0 Å². The van der Waals surface area contributed by atoms with Crippen molar-refractivity contribution < 1.29 is 0 Å². The molecule has 0 spiro atoms. The zero-order valence-electron chi connectivity index (χ0n) is 24.2. The van der Waals surface area contributed by atoms with E-state index in [0.29, 0.717) is 0 Å². The first-order valence-corrected chi connectivity index (χ1v) is 14.8. The highest BCUT2D eigenvalue weighted by atomic mass is 15.0. The molecule has 0 amide bonds. The van der Waals surface area contributed by atoms with Crippen molar-refractivity contribution in [1.29, 1.82) is 0 Å². The summed E-state index contributed by atoms with van der Waals surface area (Å²) in [6.07, 6.45) is 7.15. The van der Waals surface area contributed by atoms with Gasteiger partial charge in [0.2, 0.25) is 0 Å². The van der Waals surface area contributed by atoms with Gasteiger partial charge >= 0.3 is 0 Å². The lowest BCUT2D eigenvalue weighted by molar-refractivity contribution is 0.664. The number of nitrogens with zero attached hydrogens (tertiary/aromatic N) is 6. The van der Waals surface area contributed by atoms with E-state index in [4.69, 9.17) is 4.98 Å². The lowest BCUT2D eigenvalue weighted by atomic mass is 9.81. The minimum atomic E-state index is -0.275. The van der Waals surface area contributed by atoms with Gasteiger partial charge in [0.15, 0.2) is 0 Å². The Kier molecular flexibility index (Phi) is 5.14. The molecule has 1 aliphatic carbocycles. The fourth-order valence-corrected chi connectivity index (χ4v) is 7.00. The van der Waals surface area contributed by atoms with Gasteiger partial charge in [0.1, 0.15) is 0 Å². The number of aromatic nitrogens is 6. The van der Waals surface area contributed by atoms with Crippen molar-refractivity contribution in [3.8, 4) is 39.6 Å². The largest absolute Gasteiger partial charge is 0.309 e. The van der Waals surface area contributed by atoms with Crippen molar-refractivity contribution in [2.45, 2.75) is 19.3 Å². The van der Waals surface area contributed by atoms with Crippen LogP contribution in [0.4, 0.5) is 0 Å². The zero-order chi connectivity index (χ0) is 29.4. The second kappa shape index (κ2) is 9.12. The van der Waals surface area contributed by atoms with Crippen molar-refractivity contribution in [3.05, 3.63) is 133 Å². The van der Waals surface area contributed by atoms with Gasteiger partial charge in [-0.2, -0.15) is 0 Å². The van der Waals surface area contributed by atoms with E-state index < -0.39 is 0 Å². The van der Waals surface area contributed by atoms with E-state index in [0.717, 1.165) is 45.0 Å². The first kappa shape index (κ1) is 24.8. The van der Waals surface area contributed by atoms with Gasteiger partial charge in [0, 0.05) is 41.0 Å². The van der Waals surface area contributed by atoms with Crippen LogP contribution in [-0.2, 0) is 5.41 Å². The predicted octanol–water partition coefficient (Wildman–Crippen LogP) is 8.55. The second-order valence-electron chi connectivity index (χ2n) is 11.8. The number of pyridine rings is 3. The molecule has 0 fully saturated rings. The molecular weight excluding hydrogens is 540 g/mol. The highest BCUT2D eigenvalue weighted by Gasteiger charge is 2.39. The van der Waals surface area contributed by atoms with Crippen molar-refractivity contribution in [1.82, 2.24) is 29.5 Å². The Balaban J connectivity index is 1.40. The summed E-state index contributed by atoms with van der Waals surface area (Å²) in [6.45, 7) is 4.65. The van der Waals surface area contributed by atoms with Gasteiger partial charge in [-0.05, 0) is 76.9 Å². The summed E-state index contributed by atoms with van der Waals surface area (Å²) in [5.41, 5.74) is 13.1. The third kappa shape index (κ3) is 3.51. The molecule has 6 heteroatoms. The van der Waals surface area contributed by atoms with Gasteiger partial charge in [0.05, 0.1) is 50.5 Å². The molecule has 0 saturated carbocycles. The first-order valence-electron chi connectivity index (χ1n) is 14.8. The molecule has 8 aromatic rings. The van der Waals surface area contributed by atoms with Crippen LogP contribution in [0.5, 0.6) is 0 Å². The lowest BCUT2D eigenvalue weighted by Crippen LogP contribution is -2.16. The fraction of sp³-hybridized carbons (Fsp3) is 0.0789. The second-order valence-corrected chi connectivity index (χ2v) is 11.8. The zero-order valence-corrected chi connectivity index (χ0v) is 24.2. The Morgan fingerprint density at radius 3 is 1.89 bits per heavy atom. The maximum absolute atomic E-state index is 5.06. The van der Waals surface area contributed by atoms with Crippen LogP contribution in [0.1, 0.15) is 25.0 Å². The van der Waals surface area contributed by atoms with E-state index >= 15 is 0 Å². The number of fused-ring (bicyclic) bond motifs is 8. The fourth-order valence-electron chi connectivity index (χ4n) is 7.00. The number of hydrogen-bond acceptors (Lipinski definition) is 5. The molecule has 0 saturated heterocycles. The Morgan fingerprint density at radius 1 is 0.545 bits per heavy atom. The van der Waals surface area contributed by atoms with Gasteiger partial charge in [0.25, 0.3) is 0 Å². The third-order valence-electron chi connectivity index (χ3n) is 8.96. The van der Waals surface area contributed by atoms with E-state index in [1.165, 1.54) is 38.5 Å². The van der Waals surface area contributed by atoms with Crippen LogP contribution >= 0.6 is 0 Å². The van der Waals surface area contributed by atoms with Crippen LogP contribution in [-0.4, -0.2) is 29.5 Å². The SMILES string of the molecule is CC1(C)c2cc3nccnc3cc2-c2ccc3c4ccccc4n(-c4cc(-c5ccccn5)nc(-c5ccccn5)c4)c3c21. The minimum absolute atomic E-state index is 0.275. The molecule has 0 bridgehead atoms. The molecule has 0 radical (unpaired) electrons. The highest BCUT2D eigenvalue weighted by molar-refractivity contribution is 6.13. The molecule has 0 N–H and O–H groups in total. The summed E-state index contributed by atoms with van der Waals surface area (Å²) in [5.74, 6) is 0. The molecule has 0 aliphatic heterocycles. The van der Waals surface area contributed by atoms with E-state index in [2.05, 4.69) is 99.0 Å². The molecule has 44 heavy (non-hydrogen) atoms. The predicted molar refractivity (Wildman–Crippen MR) is 176 cm³/mol. The number of hydrogen-bond donors (Lipinski definition) is 0. The van der Waals surface area contributed by atoms with Gasteiger partial charge in [-0.1, -0.05) is 56.3 Å². The Bertz CT molecular complexity index is 2350. The summed E-state index contributed by atoms with van der Waals surface area (Å²) < 4.78 is 2.41. The number of para-hydroxylation sites is 1. The first-order chi connectivity index (χ1) is 21.6. The van der Waals surface area contributed by atoms with Crippen LogP contribution < -0.4 is 0 Å². The third-order valence-corrected chi connectivity index (χ3v) is 8.96. The highest BCUT2D eigenvalue weighted by Crippen LogP contribution is 2.53. The van der Waals surface area contributed by atoms with Crippen molar-refractivity contribution in [2.75, 3.05) is 0 Å². The normalized spacial score (nSPS) is 13.4. The Labute approximate surface area is 253 Å². The molecular formula is C38H26N6. The smallest absolute Gasteiger partial charge is 0.0915 e. The van der Waals surface area contributed by atoms with Crippen LogP contribution in [0, 0.1) is 0 Å². The molecule has 208 valence electrons. The molecule has 0 atom stereocenters. The molecule has 5 aromatic heterocycles. The average molecular weight is 567 g/mol. The molecule has 5 heterocycles. The van der Waals surface area contributed by atoms with E-state index in [1.807, 2.05) is 48.8 Å². The molecule has 3 aromatic carbocycles. The summed E-state index contributed by atoms with van der Waals surface area (Å²) in [6, 6.07) is 33.8. The van der Waals surface area contributed by atoms with Crippen molar-refractivity contribution in [2.24, 2.45) is 0 Å². The topological polar surface area (TPSA) is 69.4 Å². The van der Waals surface area contributed by atoms with Crippen LogP contribution in [0.3, 0.4) is 0 Å². The summed E-state index contributed by atoms with van der Waals surface area (Å²) in [4.78, 5) is 23.7. The summed E-state index contributed by atoms with van der Waals surface area (Å²) in [7, 11) is 0. The number of benzene rings is 3. The average Bonchev–Trinajstić information content (AvgIpc) is 3.53. The van der Waals surface area contributed by atoms with Crippen LogP contribution in [0.25, 0.3) is 72.4 Å². The van der Waals surface area contributed by atoms with Gasteiger partial charge in [-0.25, -0.2) is 4.98 Å². The molecule has 0 unspecified atom stereocenters. The Morgan fingerprint density at radius 2 is 1.20 bits per heavy atom. The maximum Gasteiger partial charge on any atom is 0.0915 e. The monoisotopic (exact) mass is 566 g/mol. The van der Waals surface area contributed by atoms with E-state index in [9.17, 15) is 0 Å².